The third kappa shape index (κ3) is 3.88. The quantitative estimate of drug-likeness (QED) is 0.360. The molecule has 0 aliphatic carbocycles. The lowest BCUT2D eigenvalue weighted by atomic mass is 10.0. The number of benzene rings is 2. The average molecular weight is 446 g/mol. The van der Waals surface area contributed by atoms with Gasteiger partial charge in [0.25, 0.3) is 5.56 Å². The van der Waals surface area contributed by atoms with Crippen LogP contribution < -0.4 is 10.9 Å². The largest absolute Gasteiger partial charge is 0.363 e. The molecule has 0 bridgehead atoms. The SMILES string of the molecule is CC(Nc1nc2cc[nH]c(=O)c2cc1-c1ccc(F)cc1)c1cc(F)c(Cl)cc1Cl. The van der Waals surface area contributed by atoms with Gasteiger partial charge in [-0.25, -0.2) is 13.8 Å². The Morgan fingerprint density at radius 1 is 1.03 bits per heavy atom. The second-order valence-electron chi connectivity index (χ2n) is 6.78. The Kier molecular flexibility index (Phi) is 5.45. The van der Waals surface area contributed by atoms with E-state index in [-0.39, 0.29) is 16.4 Å². The monoisotopic (exact) mass is 445 g/mol. The minimum absolute atomic E-state index is 0.0639. The standard InChI is InChI=1S/C22H15Cl2F2N3O/c1-11(14-9-19(26)18(24)10-17(14)23)28-21-15(12-2-4-13(25)5-3-12)8-16-20(29-21)6-7-27-22(16)30/h2-11H,1H3,(H,27,30)(H,28,29). The Labute approximate surface area is 180 Å². The molecule has 1 unspecified atom stereocenters. The fraction of sp³-hybridized carbons (Fsp3) is 0.0909. The molecule has 30 heavy (non-hydrogen) atoms. The van der Waals surface area contributed by atoms with Gasteiger partial charge in [-0.05, 0) is 54.4 Å². The summed E-state index contributed by atoms with van der Waals surface area (Å²) in [7, 11) is 0. The maximum atomic E-state index is 14.0. The van der Waals surface area contributed by atoms with Crippen molar-refractivity contribution in [2.24, 2.45) is 0 Å². The summed E-state index contributed by atoms with van der Waals surface area (Å²) in [5.74, 6) is -0.517. The lowest BCUT2D eigenvalue weighted by Crippen LogP contribution is -2.12. The van der Waals surface area contributed by atoms with E-state index < -0.39 is 11.9 Å². The molecular weight excluding hydrogens is 431 g/mol. The summed E-state index contributed by atoms with van der Waals surface area (Å²) >= 11 is 12.0. The molecule has 2 aromatic carbocycles. The first-order chi connectivity index (χ1) is 14.3. The number of H-pyrrole nitrogens is 1. The molecule has 0 saturated heterocycles. The van der Waals surface area contributed by atoms with Gasteiger partial charge in [0.05, 0.1) is 22.0 Å². The topological polar surface area (TPSA) is 57.8 Å². The van der Waals surface area contributed by atoms with Crippen LogP contribution in [0.2, 0.25) is 10.0 Å². The number of fused-ring (bicyclic) bond motifs is 1. The second-order valence-corrected chi connectivity index (χ2v) is 7.60. The Morgan fingerprint density at radius 3 is 2.50 bits per heavy atom. The highest BCUT2D eigenvalue weighted by Crippen LogP contribution is 2.34. The number of hydrogen-bond donors (Lipinski definition) is 2. The van der Waals surface area contributed by atoms with Gasteiger partial charge < -0.3 is 10.3 Å². The molecule has 152 valence electrons. The van der Waals surface area contributed by atoms with Gasteiger partial charge in [-0.3, -0.25) is 4.79 Å². The van der Waals surface area contributed by atoms with Crippen LogP contribution in [0.25, 0.3) is 22.0 Å². The smallest absolute Gasteiger partial charge is 0.257 e. The van der Waals surface area contributed by atoms with Crippen molar-refractivity contribution >= 4 is 39.9 Å². The van der Waals surface area contributed by atoms with Crippen LogP contribution in [0, 0.1) is 11.6 Å². The molecule has 1 atom stereocenters. The Balaban J connectivity index is 1.84. The molecule has 0 radical (unpaired) electrons. The zero-order valence-corrected chi connectivity index (χ0v) is 17.2. The number of aromatic nitrogens is 2. The molecule has 2 N–H and O–H groups in total. The lowest BCUT2D eigenvalue weighted by Gasteiger charge is -2.20. The fourth-order valence-corrected chi connectivity index (χ4v) is 3.77. The minimum Gasteiger partial charge on any atom is -0.363 e. The summed E-state index contributed by atoms with van der Waals surface area (Å²) < 4.78 is 27.4. The van der Waals surface area contributed by atoms with Gasteiger partial charge in [-0.2, -0.15) is 0 Å². The first kappa shape index (κ1) is 20.3. The van der Waals surface area contributed by atoms with Crippen molar-refractivity contribution in [2.75, 3.05) is 5.32 Å². The highest BCUT2D eigenvalue weighted by molar-refractivity contribution is 6.35. The molecule has 0 saturated carbocycles. The molecule has 0 fully saturated rings. The van der Waals surface area contributed by atoms with Crippen LogP contribution in [0.5, 0.6) is 0 Å². The second kappa shape index (κ2) is 8.05. The number of anilines is 1. The molecular formula is C22H15Cl2F2N3O. The molecule has 0 spiro atoms. The van der Waals surface area contributed by atoms with E-state index in [9.17, 15) is 13.6 Å². The van der Waals surface area contributed by atoms with E-state index in [2.05, 4.69) is 15.3 Å². The van der Waals surface area contributed by atoms with Gasteiger partial charge in [-0.1, -0.05) is 35.3 Å². The molecule has 4 rings (SSSR count). The van der Waals surface area contributed by atoms with Crippen LogP contribution in [0.15, 0.2) is 59.5 Å². The van der Waals surface area contributed by atoms with E-state index in [1.165, 1.54) is 30.5 Å². The van der Waals surface area contributed by atoms with E-state index in [4.69, 9.17) is 23.2 Å². The molecule has 0 amide bonds. The number of aromatic amines is 1. The zero-order chi connectivity index (χ0) is 21.4. The van der Waals surface area contributed by atoms with E-state index in [0.717, 1.165) is 0 Å². The van der Waals surface area contributed by atoms with Crippen molar-refractivity contribution in [3.05, 3.63) is 92.3 Å². The maximum Gasteiger partial charge on any atom is 0.257 e. The summed E-state index contributed by atoms with van der Waals surface area (Å²) in [6, 6.07) is 11.4. The van der Waals surface area contributed by atoms with Crippen LogP contribution in [0.4, 0.5) is 14.6 Å². The van der Waals surface area contributed by atoms with Crippen molar-refractivity contribution in [2.45, 2.75) is 13.0 Å². The maximum absolute atomic E-state index is 14.0. The highest BCUT2D eigenvalue weighted by atomic mass is 35.5. The van der Waals surface area contributed by atoms with Crippen LogP contribution in [-0.4, -0.2) is 9.97 Å². The van der Waals surface area contributed by atoms with Gasteiger partial charge in [0.1, 0.15) is 17.5 Å². The number of rotatable bonds is 4. The number of hydrogen-bond acceptors (Lipinski definition) is 3. The van der Waals surface area contributed by atoms with Gasteiger partial charge in [0.2, 0.25) is 0 Å². The number of pyridine rings is 2. The summed E-state index contributed by atoms with van der Waals surface area (Å²) in [6.07, 6.45) is 1.51. The van der Waals surface area contributed by atoms with Crippen LogP contribution in [0.3, 0.4) is 0 Å². The number of halogens is 4. The number of nitrogens with one attached hydrogen (secondary N) is 2. The Hall–Kier alpha value is -2.96. The molecule has 0 aliphatic rings. The molecule has 4 aromatic rings. The van der Waals surface area contributed by atoms with Crippen molar-refractivity contribution in [3.8, 4) is 11.1 Å². The number of nitrogens with zero attached hydrogens (tertiary/aromatic N) is 1. The summed E-state index contributed by atoms with van der Waals surface area (Å²) in [6.45, 7) is 1.80. The lowest BCUT2D eigenvalue weighted by molar-refractivity contribution is 0.624. The van der Waals surface area contributed by atoms with E-state index in [0.29, 0.717) is 38.4 Å². The minimum atomic E-state index is -0.582. The Bertz CT molecular complexity index is 1310. The highest BCUT2D eigenvalue weighted by Gasteiger charge is 2.17. The van der Waals surface area contributed by atoms with Crippen molar-refractivity contribution < 1.29 is 8.78 Å². The van der Waals surface area contributed by atoms with Gasteiger partial charge in [0, 0.05) is 16.8 Å². The molecule has 2 aromatic heterocycles. The first-order valence-electron chi connectivity index (χ1n) is 9.03. The summed E-state index contributed by atoms with van der Waals surface area (Å²) in [5, 5.41) is 3.87. The predicted octanol–water partition coefficient (Wildman–Crippen LogP) is 6.35. The van der Waals surface area contributed by atoms with Crippen LogP contribution in [0.1, 0.15) is 18.5 Å². The molecule has 0 aliphatic heterocycles. The summed E-state index contributed by atoms with van der Waals surface area (Å²) in [5.41, 5.74) is 1.95. The Morgan fingerprint density at radius 2 is 1.77 bits per heavy atom. The van der Waals surface area contributed by atoms with E-state index in [1.54, 1.807) is 31.2 Å². The molecule has 4 nitrogen and oxygen atoms in total. The van der Waals surface area contributed by atoms with Crippen molar-refractivity contribution in [1.29, 1.82) is 0 Å². The van der Waals surface area contributed by atoms with E-state index >= 15 is 0 Å². The fourth-order valence-electron chi connectivity index (χ4n) is 3.22. The zero-order valence-electron chi connectivity index (χ0n) is 15.6. The van der Waals surface area contributed by atoms with Gasteiger partial charge in [-0.15, -0.1) is 0 Å². The van der Waals surface area contributed by atoms with Gasteiger partial charge >= 0.3 is 0 Å². The third-order valence-corrected chi connectivity index (χ3v) is 5.38. The van der Waals surface area contributed by atoms with E-state index in [1.807, 2.05) is 0 Å². The predicted molar refractivity (Wildman–Crippen MR) is 116 cm³/mol. The van der Waals surface area contributed by atoms with Crippen LogP contribution >= 0.6 is 23.2 Å². The third-order valence-electron chi connectivity index (χ3n) is 4.77. The van der Waals surface area contributed by atoms with Crippen molar-refractivity contribution in [1.82, 2.24) is 9.97 Å². The molecule has 2 heterocycles. The van der Waals surface area contributed by atoms with Crippen LogP contribution in [-0.2, 0) is 0 Å². The summed E-state index contributed by atoms with van der Waals surface area (Å²) in [4.78, 5) is 19.4. The molecule has 8 heteroatoms. The first-order valence-corrected chi connectivity index (χ1v) is 9.78. The van der Waals surface area contributed by atoms with Gasteiger partial charge in [0.15, 0.2) is 0 Å². The average Bonchev–Trinajstić information content (AvgIpc) is 2.71. The van der Waals surface area contributed by atoms with Crippen molar-refractivity contribution in [3.63, 3.8) is 0 Å². The normalized spacial score (nSPS) is 12.2.